The number of aromatic carboxylic acids is 1. The Bertz CT molecular complexity index is 693. The minimum Gasteiger partial charge on any atom is -0.491 e. The van der Waals surface area contributed by atoms with Crippen molar-refractivity contribution in [3.63, 3.8) is 0 Å². The van der Waals surface area contributed by atoms with Gasteiger partial charge in [0.25, 0.3) is 0 Å². The molecule has 1 heterocycles. The van der Waals surface area contributed by atoms with Gasteiger partial charge in [-0.3, -0.25) is 4.79 Å². The lowest BCUT2D eigenvalue weighted by Crippen LogP contribution is -2.16. The number of rotatable bonds is 3. The fourth-order valence-electron chi connectivity index (χ4n) is 1.67. The quantitative estimate of drug-likeness (QED) is 0.941. The first kappa shape index (κ1) is 13.4. The number of pyridine rings is 1. The van der Waals surface area contributed by atoms with Crippen molar-refractivity contribution >= 4 is 21.9 Å². The van der Waals surface area contributed by atoms with E-state index in [1.54, 1.807) is 18.2 Å². The number of halogens is 1. The Kier molecular flexibility index (Phi) is 3.71. The Morgan fingerprint density at radius 3 is 2.68 bits per heavy atom. The number of hydrogen-bond donors (Lipinski definition) is 1. The van der Waals surface area contributed by atoms with E-state index in [1.165, 1.54) is 17.9 Å². The van der Waals surface area contributed by atoms with Crippen molar-refractivity contribution in [1.29, 1.82) is 0 Å². The van der Waals surface area contributed by atoms with Crippen LogP contribution in [0, 0.1) is 0 Å². The van der Waals surface area contributed by atoms with Gasteiger partial charge in [-0.15, -0.1) is 0 Å². The lowest BCUT2D eigenvalue weighted by Gasteiger charge is -2.12. The van der Waals surface area contributed by atoms with Crippen molar-refractivity contribution in [3.05, 3.63) is 56.9 Å². The van der Waals surface area contributed by atoms with Crippen molar-refractivity contribution in [1.82, 2.24) is 4.57 Å². The first-order chi connectivity index (χ1) is 9.02. The smallest absolute Gasteiger partial charge is 0.353 e. The highest BCUT2D eigenvalue weighted by Crippen LogP contribution is 2.18. The van der Waals surface area contributed by atoms with Crippen LogP contribution < -0.4 is 10.2 Å². The van der Waals surface area contributed by atoms with Crippen molar-refractivity contribution in [2.24, 2.45) is 0 Å². The van der Waals surface area contributed by atoms with Gasteiger partial charge in [-0.2, -0.15) is 0 Å². The molecule has 0 radical (unpaired) electrons. The summed E-state index contributed by atoms with van der Waals surface area (Å²) in [4.78, 5) is 22.8. The Morgan fingerprint density at radius 2 is 2.11 bits per heavy atom. The van der Waals surface area contributed by atoms with E-state index in [9.17, 15) is 14.7 Å². The summed E-state index contributed by atoms with van der Waals surface area (Å²) in [5.41, 5.74) is 0.0279. The number of nitrogens with zero attached hydrogens (tertiary/aromatic N) is 1. The van der Waals surface area contributed by atoms with Gasteiger partial charge >= 0.3 is 5.97 Å². The number of ether oxygens (including phenoxy) is 1. The zero-order chi connectivity index (χ0) is 14.0. The van der Waals surface area contributed by atoms with Crippen LogP contribution in [0.25, 0.3) is 5.69 Å². The van der Waals surface area contributed by atoms with Gasteiger partial charge in [0.1, 0.15) is 5.69 Å². The summed E-state index contributed by atoms with van der Waals surface area (Å²) in [6, 6.07) is 8.12. The molecule has 0 aliphatic rings. The third-order valence-corrected chi connectivity index (χ3v) is 3.04. The first-order valence-electron chi connectivity index (χ1n) is 5.33. The summed E-state index contributed by atoms with van der Waals surface area (Å²) in [6.07, 6.45) is 1.37. The van der Waals surface area contributed by atoms with Crippen molar-refractivity contribution in [3.8, 4) is 11.4 Å². The van der Waals surface area contributed by atoms with Crippen molar-refractivity contribution in [2.45, 2.75) is 0 Å². The third kappa shape index (κ3) is 2.68. The number of carboxylic acids is 1. The number of benzene rings is 1. The van der Waals surface area contributed by atoms with E-state index in [2.05, 4.69) is 15.9 Å². The number of hydrogen-bond acceptors (Lipinski definition) is 3. The van der Waals surface area contributed by atoms with Crippen molar-refractivity contribution in [2.75, 3.05) is 7.11 Å². The van der Waals surface area contributed by atoms with Crippen LogP contribution in [-0.2, 0) is 0 Å². The summed E-state index contributed by atoms with van der Waals surface area (Å²) in [6.45, 7) is 0. The highest BCUT2D eigenvalue weighted by Gasteiger charge is 2.14. The third-order valence-electron chi connectivity index (χ3n) is 2.54. The minimum absolute atomic E-state index is 0.0879. The Balaban J connectivity index is 2.73. The highest BCUT2D eigenvalue weighted by atomic mass is 79.9. The molecular weight excluding hydrogens is 314 g/mol. The molecule has 6 heteroatoms. The Morgan fingerprint density at radius 1 is 1.37 bits per heavy atom. The molecule has 19 heavy (non-hydrogen) atoms. The molecule has 0 bridgehead atoms. The largest absolute Gasteiger partial charge is 0.491 e. The predicted octanol–water partition coefficient (Wildman–Crippen LogP) is 2.31. The Labute approximate surface area is 117 Å². The van der Waals surface area contributed by atoms with Gasteiger partial charge in [0.2, 0.25) is 5.43 Å². The van der Waals surface area contributed by atoms with Gasteiger partial charge in [-0.1, -0.05) is 22.0 Å². The monoisotopic (exact) mass is 323 g/mol. The van der Waals surface area contributed by atoms with Gasteiger partial charge < -0.3 is 14.4 Å². The van der Waals surface area contributed by atoms with E-state index in [0.29, 0.717) is 5.69 Å². The van der Waals surface area contributed by atoms with Crippen LogP contribution in [0.15, 0.2) is 45.8 Å². The zero-order valence-corrected chi connectivity index (χ0v) is 11.5. The molecule has 0 saturated carbocycles. The minimum atomic E-state index is -1.18. The van der Waals surface area contributed by atoms with E-state index in [4.69, 9.17) is 4.74 Å². The molecule has 1 N–H and O–H groups in total. The van der Waals surface area contributed by atoms with E-state index >= 15 is 0 Å². The summed E-state index contributed by atoms with van der Waals surface area (Å²) < 4.78 is 7.13. The maximum atomic E-state index is 11.6. The standard InChI is InChI=1S/C13H10BrNO4/c1-19-12-7-15(9-4-2-3-8(14)5-9)10(13(17)18)6-11(12)16/h2-7H,1H3,(H,17,18). The summed E-state index contributed by atoms with van der Waals surface area (Å²) >= 11 is 3.32. The topological polar surface area (TPSA) is 68.5 Å². The molecule has 2 aromatic rings. The van der Waals surface area contributed by atoms with Crippen LogP contribution >= 0.6 is 15.9 Å². The fraction of sp³-hybridized carbons (Fsp3) is 0.0769. The summed E-state index contributed by atoms with van der Waals surface area (Å²) in [7, 11) is 1.36. The molecule has 0 saturated heterocycles. The summed E-state index contributed by atoms with van der Waals surface area (Å²) in [5, 5.41) is 9.17. The average Bonchev–Trinajstić information content (AvgIpc) is 2.38. The molecule has 0 amide bonds. The lowest BCUT2D eigenvalue weighted by atomic mass is 10.2. The number of carboxylic acid groups (broad SMARTS) is 1. The fourth-order valence-corrected chi connectivity index (χ4v) is 2.06. The van der Waals surface area contributed by atoms with Crippen LogP contribution in [0.5, 0.6) is 5.75 Å². The van der Waals surface area contributed by atoms with Crippen LogP contribution in [0.1, 0.15) is 10.5 Å². The van der Waals surface area contributed by atoms with Gasteiger partial charge in [0, 0.05) is 16.2 Å². The molecule has 2 rings (SSSR count). The lowest BCUT2D eigenvalue weighted by molar-refractivity contribution is 0.0687. The zero-order valence-electron chi connectivity index (χ0n) is 9.96. The summed E-state index contributed by atoms with van der Waals surface area (Å²) in [5.74, 6) is -1.09. The Hall–Kier alpha value is -2.08. The molecule has 0 aliphatic heterocycles. The van der Waals surface area contributed by atoms with Crippen LogP contribution in [0.3, 0.4) is 0 Å². The second kappa shape index (κ2) is 5.27. The maximum Gasteiger partial charge on any atom is 0.353 e. The normalized spacial score (nSPS) is 10.2. The molecule has 0 fully saturated rings. The van der Waals surface area contributed by atoms with E-state index in [0.717, 1.165) is 10.5 Å². The number of carbonyl (C=O) groups is 1. The first-order valence-corrected chi connectivity index (χ1v) is 6.12. The van der Waals surface area contributed by atoms with Crippen LogP contribution in [-0.4, -0.2) is 22.8 Å². The van der Waals surface area contributed by atoms with Crippen LogP contribution in [0.4, 0.5) is 0 Å². The average molecular weight is 324 g/mol. The number of aromatic nitrogens is 1. The molecule has 1 aromatic heterocycles. The van der Waals surface area contributed by atoms with Gasteiger partial charge in [0.05, 0.1) is 13.3 Å². The van der Waals surface area contributed by atoms with E-state index in [1.807, 2.05) is 6.07 Å². The van der Waals surface area contributed by atoms with E-state index < -0.39 is 11.4 Å². The molecule has 0 spiro atoms. The van der Waals surface area contributed by atoms with Gasteiger partial charge in [0.15, 0.2) is 5.75 Å². The van der Waals surface area contributed by atoms with Gasteiger partial charge in [-0.05, 0) is 18.2 Å². The molecular formula is C13H10BrNO4. The van der Waals surface area contributed by atoms with Gasteiger partial charge in [-0.25, -0.2) is 4.79 Å². The second-order valence-corrected chi connectivity index (χ2v) is 4.66. The molecule has 1 aromatic carbocycles. The molecule has 5 nitrogen and oxygen atoms in total. The van der Waals surface area contributed by atoms with Crippen LogP contribution in [0.2, 0.25) is 0 Å². The molecule has 98 valence electrons. The highest BCUT2D eigenvalue weighted by molar-refractivity contribution is 9.10. The SMILES string of the molecule is COc1cn(-c2cccc(Br)c2)c(C(=O)O)cc1=O. The molecule has 0 unspecified atom stereocenters. The molecule has 0 atom stereocenters. The van der Waals surface area contributed by atoms with E-state index in [-0.39, 0.29) is 11.4 Å². The number of methoxy groups -OCH3 is 1. The molecule has 0 aliphatic carbocycles. The maximum absolute atomic E-state index is 11.6. The van der Waals surface area contributed by atoms with Crippen molar-refractivity contribution < 1.29 is 14.6 Å². The predicted molar refractivity (Wildman–Crippen MR) is 73.3 cm³/mol. The second-order valence-electron chi connectivity index (χ2n) is 3.75.